The number of hydrogen-bond donors (Lipinski definition) is 1. The van der Waals surface area contributed by atoms with Gasteiger partial charge in [-0.2, -0.15) is 0 Å². The molecule has 0 saturated heterocycles. The zero-order valence-corrected chi connectivity index (χ0v) is 9.63. The standard InChI is InChI=1S/C13H14N2O2/c1-2-11-13(17)12(16)5-7-15(11)9-10-4-3-6-14-8-10/h3-8,17H,2,9H2,1H3. The average molecular weight is 230 g/mol. The van der Waals surface area contributed by atoms with E-state index in [1.165, 1.54) is 6.07 Å². The maximum atomic E-state index is 11.3. The van der Waals surface area contributed by atoms with Gasteiger partial charge in [0, 0.05) is 31.2 Å². The van der Waals surface area contributed by atoms with Crippen molar-refractivity contribution in [3.63, 3.8) is 0 Å². The Morgan fingerprint density at radius 3 is 2.88 bits per heavy atom. The molecule has 88 valence electrons. The molecule has 0 amide bonds. The normalized spacial score (nSPS) is 10.4. The Morgan fingerprint density at radius 2 is 2.24 bits per heavy atom. The third-order valence-corrected chi connectivity index (χ3v) is 2.67. The summed E-state index contributed by atoms with van der Waals surface area (Å²) in [5, 5.41) is 9.71. The molecule has 0 bridgehead atoms. The van der Waals surface area contributed by atoms with Gasteiger partial charge >= 0.3 is 0 Å². The van der Waals surface area contributed by atoms with Gasteiger partial charge in [-0.05, 0) is 18.1 Å². The number of pyridine rings is 2. The number of rotatable bonds is 3. The molecule has 0 unspecified atom stereocenters. The highest BCUT2D eigenvalue weighted by Crippen LogP contribution is 2.13. The molecular formula is C13H14N2O2. The van der Waals surface area contributed by atoms with Gasteiger partial charge in [-0.3, -0.25) is 9.78 Å². The summed E-state index contributed by atoms with van der Waals surface area (Å²) in [6.07, 6.45) is 5.80. The third-order valence-electron chi connectivity index (χ3n) is 2.67. The fourth-order valence-corrected chi connectivity index (χ4v) is 1.81. The van der Waals surface area contributed by atoms with E-state index in [1.807, 2.05) is 23.6 Å². The summed E-state index contributed by atoms with van der Waals surface area (Å²) in [6.45, 7) is 2.51. The highest BCUT2D eigenvalue weighted by molar-refractivity contribution is 5.27. The number of hydrogen-bond acceptors (Lipinski definition) is 3. The average Bonchev–Trinajstić information content (AvgIpc) is 2.36. The van der Waals surface area contributed by atoms with Crippen molar-refractivity contribution in [1.29, 1.82) is 0 Å². The molecule has 0 spiro atoms. The van der Waals surface area contributed by atoms with Gasteiger partial charge in [0.1, 0.15) is 0 Å². The van der Waals surface area contributed by atoms with Crippen LogP contribution in [-0.2, 0) is 13.0 Å². The van der Waals surface area contributed by atoms with E-state index >= 15 is 0 Å². The molecule has 0 saturated carbocycles. The Hall–Kier alpha value is -2.10. The molecule has 0 atom stereocenters. The fourth-order valence-electron chi connectivity index (χ4n) is 1.81. The van der Waals surface area contributed by atoms with Crippen molar-refractivity contribution in [3.05, 3.63) is 58.3 Å². The molecule has 0 aliphatic rings. The lowest BCUT2D eigenvalue weighted by molar-refractivity contribution is 0.451. The molecule has 4 heteroatoms. The molecule has 2 aromatic rings. The molecule has 1 N–H and O–H groups in total. The van der Waals surface area contributed by atoms with Crippen LogP contribution in [-0.4, -0.2) is 14.7 Å². The van der Waals surface area contributed by atoms with Crippen molar-refractivity contribution in [2.75, 3.05) is 0 Å². The van der Waals surface area contributed by atoms with Crippen molar-refractivity contribution in [2.24, 2.45) is 0 Å². The predicted octanol–water partition coefficient (Wildman–Crippen LogP) is 1.56. The zero-order chi connectivity index (χ0) is 12.3. The van der Waals surface area contributed by atoms with Crippen molar-refractivity contribution in [3.8, 4) is 5.75 Å². The van der Waals surface area contributed by atoms with Crippen LogP contribution in [0.15, 0.2) is 41.6 Å². The van der Waals surface area contributed by atoms with Crippen molar-refractivity contribution < 1.29 is 5.11 Å². The van der Waals surface area contributed by atoms with Crippen LogP contribution in [0.1, 0.15) is 18.2 Å². The first-order valence-corrected chi connectivity index (χ1v) is 5.52. The largest absolute Gasteiger partial charge is 0.503 e. The predicted molar refractivity (Wildman–Crippen MR) is 65.1 cm³/mol. The second-order valence-electron chi connectivity index (χ2n) is 3.82. The summed E-state index contributed by atoms with van der Waals surface area (Å²) in [4.78, 5) is 15.4. The quantitative estimate of drug-likeness (QED) is 0.870. The van der Waals surface area contributed by atoms with Gasteiger partial charge in [0.2, 0.25) is 5.43 Å². The lowest BCUT2D eigenvalue weighted by Crippen LogP contribution is -2.12. The molecule has 0 aromatic carbocycles. The van der Waals surface area contributed by atoms with Crippen LogP contribution in [0, 0.1) is 0 Å². The summed E-state index contributed by atoms with van der Waals surface area (Å²) in [6, 6.07) is 5.20. The van der Waals surface area contributed by atoms with E-state index in [9.17, 15) is 9.90 Å². The van der Waals surface area contributed by atoms with Crippen molar-refractivity contribution in [2.45, 2.75) is 19.9 Å². The lowest BCUT2D eigenvalue weighted by atomic mass is 10.2. The molecule has 4 nitrogen and oxygen atoms in total. The van der Waals surface area contributed by atoms with E-state index in [4.69, 9.17) is 0 Å². The monoisotopic (exact) mass is 230 g/mol. The van der Waals surface area contributed by atoms with E-state index in [-0.39, 0.29) is 11.2 Å². The Morgan fingerprint density at radius 1 is 1.41 bits per heavy atom. The van der Waals surface area contributed by atoms with Crippen LogP contribution in [0.2, 0.25) is 0 Å². The minimum atomic E-state index is -0.329. The van der Waals surface area contributed by atoms with Gasteiger partial charge in [0.15, 0.2) is 5.75 Å². The number of aromatic nitrogens is 2. The second kappa shape index (κ2) is 4.82. The maximum absolute atomic E-state index is 11.3. The van der Waals surface area contributed by atoms with E-state index in [2.05, 4.69) is 4.98 Å². The Kier molecular flexibility index (Phi) is 3.23. The minimum Gasteiger partial charge on any atom is -0.503 e. The molecule has 0 aliphatic heterocycles. The Bertz CT molecular complexity index is 561. The highest BCUT2D eigenvalue weighted by Gasteiger charge is 2.08. The van der Waals surface area contributed by atoms with Crippen LogP contribution in [0.25, 0.3) is 0 Å². The molecule has 2 aromatic heterocycles. The summed E-state index contributed by atoms with van der Waals surface area (Å²) in [5.74, 6) is -0.154. The minimum absolute atomic E-state index is 0.154. The van der Waals surface area contributed by atoms with E-state index in [0.717, 1.165) is 5.56 Å². The van der Waals surface area contributed by atoms with E-state index in [1.54, 1.807) is 18.6 Å². The highest BCUT2D eigenvalue weighted by atomic mass is 16.3. The van der Waals surface area contributed by atoms with Gasteiger partial charge in [0.25, 0.3) is 0 Å². The Balaban J connectivity index is 2.40. The van der Waals surface area contributed by atoms with E-state index < -0.39 is 0 Å². The topological polar surface area (TPSA) is 55.1 Å². The lowest BCUT2D eigenvalue weighted by Gasteiger charge is -2.13. The number of aromatic hydroxyl groups is 1. The smallest absolute Gasteiger partial charge is 0.223 e. The Labute approximate surface area is 99.2 Å². The summed E-state index contributed by atoms with van der Waals surface area (Å²) in [7, 11) is 0. The molecule has 0 fully saturated rings. The molecule has 0 aliphatic carbocycles. The van der Waals surface area contributed by atoms with Crippen molar-refractivity contribution in [1.82, 2.24) is 9.55 Å². The molecule has 17 heavy (non-hydrogen) atoms. The molecular weight excluding hydrogens is 216 g/mol. The fraction of sp³-hybridized carbons (Fsp3) is 0.231. The first kappa shape index (κ1) is 11.4. The number of nitrogens with zero attached hydrogens (tertiary/aromatic N) is 2. The summed E-state index contributed by atoms with van der Waals surface area (Å²) in [5.41, 5.74) is 1.36. The van der Waals surface area contributed by atoms with Gasteiger partial charge in [-0.1, -0.05) is 13.0 Å². The molecule has 0 radical (unpaired) electrons. The van der Waals surface area contributed by atoms with Crippen LogP contribution in [0.5, 0.6) is 5.75 Å². The summed E-state index contributed by atoms with van der Waals surface area (Å²) < 4.78 is 1.87. The van der Waals surface area contributed by atoms with E-state index in [0.29, 0.717) is 18.7 Å². The van der Waals surface area contributed by atoms with Crippen LogP contribution in [0.3, 0.4) is 0 Å². The molecule has 2 heterocycles. The maximum Gasteiger partial charge on any atom is 0.223 e. The third kappa shape index (κ3) is 2.36. The first-order valence-electron chi connectivity index (χ1n) is 5.52. The SMILES string of the molecule is CCc1c(O)c(=O)ccn1Cc1cccnc1. The van der Waals surface area contributed by atoms with Gasteiger partial charge < -0.3 is 9.67 Å². The van der Waals surface area contributed by atoms with Gasteiger partial charge in [-0.25, -0.2) is 0 Å². The van der Waals surface area contributed by atoms with Crippen molar-refractivity contribution >= 4 is 0 Å². The second-order valence-corrected chi connectivity index (χ2v) is 3.82. The van der Waals surface area contributed by atoms with Crippen LogP contribution < -0.4 is 5.43 Å². The van der Waals surface area contributed by atoms with Gasteiger partial charge in [0.05, 0.1) is 5.69 Å². The summed E-state index contributed by atoms with van der Waals surface area (Å²) >= 11 is 0. The first-order chi connectivity index (χ1) is 8.22. The van der Waals surface area contributed by atoms with Gasteiger partial charge in [-0.15, -0.1) is 0 Å². The van der Waals surface area contributed by atoms with Crippen LogP contribution >= 0.6 is 0 Å². The zero-order valence-electron chi connectivity index (χ0n) is 9.63. The molecule has 2 rings (SSSR count). The van der Waals surface area contributed by atoms with Crippen LogP contribution in [0.4, 0.5) is 0 Å².